The van der Waals surface area contributed by atoms with Crippen molar-refractivity contribution in [3.05, 3.63) is 143 Å². The highest BCUT2D eigenvalue weighted by molar-refractivity contribution is 7.36. The highest BCUT2D eigenvalue weighted by atomic mass is 31.1. The van der Waals surface area contributed by atoms with Crippen molar-refractivity contribution >= 4 is 51.9 Å². The fourth-order valence-corrected chi connectivity index (χ4v) is 10.5. The van der Waals surface area contributed by atoms with Crippen LogP contribution >= 0.6 is 8.16 Å². The normalized spacial score (nSPS) is 14.8. The van der Waals surface area contributed by atoms with Gasteiger partial charge in [-0.15, -0.1) is 0 Å². The third-order valence-electron chi connectivity index (χ3n) is 11.6. The number of para-hydroxylation sites is 2. The monoisotopic (exact) mass is 777 g/mol. The van der Waals surface area contributed by atoms with E-state index in [9.17, 15) is 26.3 Å². The number of hydrogen-bond acceptors (Lipinski definition) is 2. The molecular formula is C46H34F6NO2P. The predicted octanol–water partition coefficient (Wildman–Crippen LogP) is 14.8. The molecule has 2 aliphatic carbocycles. The summed E-state index contributed by atoms with van der Waals surface area (Å²) in [4.78, 5) is 0. The van der Waals surface area contributed by atoms with Gasteiger partial charge in [0.1, 0.15) is 0 Å². The van der Waals surface area contributed by atoms with Gasteiger partial charge < -0.3 is 8.39 Å². The second-order valence-electron chi connectivity index (χ2n) is 14.9. The SMILES string of the molecule is FC(F)(F)c1ccc(-c2cc3c(c4c2op(-n2c5ccccc5c5ccccc52)oc2c(-c5ccc(C(F)(F)F)cc5)cc5c(c24)CCCC5)CCCC3)cc1. The van der Waals surface area contributed by atoms with Crippen LogP contribution in [0.4, 0.5) is 26.3 Å². The maximum absolute atomic E-state index is 13.8. The van der Waals surface area contributed by atoms with Gasteiger partial charge in [-0.05, 0) is 133 Å². The molecule has 0 N–H and O–H groups in total. The van der Waals surface area contributed by atoms with E-state index in [1.807, 2.05) is 36.4 Å². The van der Waals surface area contributed by atoms with E-state index in [2.05, 4.69) is 28.6 Å². The lowest BCUT2D eigenvalue weighted by Crippen LogP contribution is -2.07. The van der Waals surface area contributed by atoms with Crippen molar-refractivity contribution < 1.29 is 34.7 Å². The molecule has 282 valence electrons. The fraction of sp³-hybridized carbons (Fsp3) is 0.217. The smallest absolute Gasteiger partial charge is 0.403 e. The van der Waals surface area contributed by atoms with Gasteiger partial charge >= 0.3 is 20.5 Å². The molecule has 0 radical (unpaired) electrons. The first-order valence-corrected chi connectivity index (χ1v) is 20.1. The highest BCUT2D eigenvalue weighted by Gasteiger charge is 2.32. The molecule has 0 unspecified atom stereocenters. The molecule has 2 aliphatic rings. The number of rotatable bonds is 3. The lowest BCUT2D eigenvalue weighted by Gasteiger charge is -2.23. The van der Waals surface area contributed by atoms with Crippen LogP contribution in [0.15, 0.2) is 118 Å². The summed E-state index contributed by atoms with van der Waals surface area (Å²) in [5, 5.41) is 3.77. The standard InChI is InChI=1S/C46H34F6NO2P/c47-45(48,49)31-21-17-27(18-22-31)37-25-29-9-1-3-11-33(29)41-42-34-12-4-2-10-30(34)26-38(28-19-23-32(24-20-28)46(50,51)52)44(42)55-56(54-43(37)41)53-39-15-7-5-13-35(39)36-14-6-8-16-40(36)53/h5-8,13-26H,1-4,9-12H2. The topological polar surface area (TPSA) is 31.2 Å². The van der Waals surface area contributed by atoms with Crippen LogP contribution in [0, 0.1) is 0 Å². The van der Waals surface area contributed by atoms with Crippen molar-refractivity contribution in [1.82, 2.24) is 4.34 Å². The number of halogens is 6. The minimum atomic E-state index is -4.49. The first-order chi connectivity index (χ1) is 27.0. The molecule has 0 saturated carbocycles. The number of hydrogen-bond donors (Lipinski definition) is 0. The van der Waals surface area contributed by atoms with Crippen LogP contribution < -0.4 is 0 Å². The van der Waals surface area contributed by atoms with E-state index in [0.29, 0.717) is 33.4 Å². The summed E-state index contributed by atoms with van der Waals surface area (Å²) in [7, 11) is -2.06. The Labute approximate surface area is 318 Å². The Balaban J connectivity index is 1.42. The zero-order valence-electron chi connectivity index (χ0n) is 30.0. The summed E-state index contributed by atoms with van der Waals surface area (Å²) in [6.45, 7) is 0. The van der Waals surface area contributed by atoms with Crippen LogP contribution in [0.5, 0.6) is 0 Å². The number of fused-ring (bicyclic) bond motifs is 10. The van der Waals surface area contributed by atoms with Gasteiger partial charge in [-0.1, -0.05) is 60.7 Å². The van der Waals surface area contributed by atoms with E-state index < -0.39 is 31.6 Å². The average Bonchev–Trinajstić information content (AvgIpc) is 3.43. The molecule has 56 heavy (non-hydrogen) atoms. The minimum Gasteiger partial charge on any atom is -0.403 e. The van der Waals surface area contributed by atoms with Crippen molar-refractivity contribution in [2.45, 2.75) is 63.7 Å². The Morgan fingerprint density at radius 3 is 1.29 bits per heavy atom. The van der Waals surface area contributed by atoms with E-state index in [1.165, 1.54) is 24.3 Å². The van der Waals surface area contributed by atoms with E-state index >= 15 is 0 Å². The molecule has 0 saturated heterocycles. The summed E-state index contributed by atoms with van der Waals surface area (Å²) >= 11 is 0. The Morgan fingerprint density at radius 1 is 0.482 bits per heavy atom. The molecule has 2 aromatic heterocycles. The van der Waals surface area contributed by atoms with Crippen LogP contribution in [0.1, 0.15) is 59.1 Å². The zero-order chi connectivity index (χ0) is 38.3. The molecule has 0 atom stereocenters. The number of aromatic nitrogens is 1. The molecule has 0 amide bonds. The van der Waals surface area contributed by atoms with E-state index in [4.69, 9.17) is 8.39 Å². The lowest BCUT2D eigenvalue weighted by atomic mass is 9.81. The lowest BCUT2D eigenvalue weighted by molar-refractivity contribution is -0.138. The fourth-order valence-electron chi connectivity index (χ4n) is 8.93. The van der Waals surface area contributed by atoms with Crippen molar-refractivity contribution in [3.63, 3.8) is 0 Å². The largest absolute Gasteiger partial charge is 0.416 e. The molecule has 0 bridgehead atoms. The average molecular weight is 778 g/mol. The van der Waals surface area contributed by atoms with Gasteiger partial charge in [-0.25, -0.2) is 4.34 Å². The second kappa shape index (κ2) is 13.1. The van der Waals surface area contributed by atoms with Crippen LogP contribution in [-0.2, 0) is 38.0 Å². The molecular weight excluding hydrogens is 743 g/mol. The Morgan fingerprint density at radius 2 is 0.875 bits per heavy atom. The van der Waals surface area contributed by atoms with Crippen LogP contribution in [0.25, 0.3) is 66.0 Å². The zero-order valence-corrected chi connectivity index (χ0v) is 30.9. The highest BCUT2D eigenvalue weighted by Crippen LogP contribution is 2.51. The second-order valence-corrected chi connectivity index (χ2v) is 16.1. The first-order valence-electron chi connectivity index (χ1n) is 18.9. The number of alkyl halides is 6. The molecule has 10 rings (SSSR count). The quantitative estimate of drug-likeness (QED) is 0.167. The van der Waals surface area contributed by atoms with Gasteiger partial charge in [-0.3, -0.25) is 0 Å². The van der Waals surface area contributed by atoms with Crippen molar-refractivity contribution in [3.8, 4) is 22.3 Å². The minimum absolute atomic E-state index is 0.550. The third kappa shape index (κ3) is 5.73. The Hall–Kier alpha value is -5.40. The van der Waals surface area contributed by atoms with Gasteiger partial charge in [-0.2, -0.15) is 26.3 Å². The number of aryl methyl sites for hydroxylation is 4. The predicted molar refractivity (Wildman–Crippen MR) is 211 cm³/mol. The van der Waals surface area contributed by atoms with E-state index in [-0.39, 0.29) is 0 Å². The molecule has 6 aromatic carbocycles. The van der Waals surface area contributed by atoms with Crippen molar-refractivity contribution in [2.24, 2.45) is 0 Å². The van der Waals surface area contributed by atoms with E-state index in [1.54, 1.807) is 0 Å². The van der Waals surface area contributed by atoms with Gasteiger partial charge in [0.05, 0.1) is 22.2 Å². The molecule has 0 spiro atoms. The third-order valence-corrected chi connectivity index (χ3v) is 13.0. The summed E-state index contributed by atoms with van der Waals surface area (Å²) < 4.78 is 99.7. The van der Waals surface area contributed by atoms with Crippen molar-refractivity contribution in [2.75, 3.05) is 0 Å². The van der Waals surface area contributed by atoms with Gasteiger partial charge in [0.25, 0.3) is 0 Å². The van der Waals surface area contributed by atoms with Gasteiger partial charge in [0, 0.05) is 32.7 Å². The van der Waals surface area contributed by atoms with Gasteiger partial charge in [0.2, 0.25) is 0 Å². The Bertz CT molecular complexity index is 2690. The number of benzene rings is 6. The van der Waals surface area contributed by atoms with Crippen LogP contribution in [-0.4, -0.2) is 4.34 Å². The molecule has 8 aromatic rings. The molecule has 0 fully saturated rings. The molecule has 2 heterocycles. The maximum Gasteiger partial charge on any atom is 0.416 e. The van der Waals surface area contributed by atoms with Crippen LogP contribution in [0.3, 0.4) is 0 Å². The maximum atomic E-state index is 13.8. The summed E-state index contributed by atoms with van der Waals surface area (Å²) in [6, 6.07) is 30.7. The summed E-state index contributed by atoms with van der Waals surface area (Å²) in [6.07, 6.45) is -1.97. The molecule has 0 aliphatic heterocycles. The summed E-state index contributed by atoms with van der Waals surface area (Å²) in [5.74, 6) is 0. The van der Waals surface area contributed by atoms with Crippen LogP contribution in [0.2, 0.25) is 0 Å². The Kier molecular flexibility index (Phi) is 8.19. The van der Waals surface area contributed by atoms with Crippen molar-refractivity contribution in [1.29, 1.82) is 0 Å². The number of nitrogens with zero attached hydrogens (tertiary/aromatic N) is 1. The first kappa shape index (κ1) is 35.0. The summed E-state index contributed by atoms with van der Waals surface area (Å²) in [5.41, 5.74) is 8.44. The van der Waals surface area contributed by atoms with Gasteiger partial charge in [0.15, 0.2) is 11.2 Å². The molecule has 10 heteroatoms. The molecule has 3 nitrogen and oxygen atoms in total. The van der Waals surface area contributed by atoms with E-state index in [0.717, 1.165) is 130 Å².